The molecule has 1 fully saturated rings. The summed E-state index contributed by atoms with van der Waals surface area (Å²) in [5.41, 5.74) is 7.00. The van der Waals surface area contributed by atoms with Crippen LogP contribution in [0.4, 0.5) is 8.78 Å². The van der Waals surface area contributed by atoms with Crippen LogP contribution in [0.15, 0.2) is 24.3 Å². The third kappa shape index (κ3) is 3.74. The standard InChI is InChI=1S/C15H22F2N2/c1-2-19(10-11-3-4-11)14(9-18)12-5-7-13(8-6-12)15(16)17/h5-8,11,14-15H,2-4,9-10,18H2,1H3. The minimum absolute atomic E-state index is 0.0739. The molecule has 0 heterocycles. The Kier molecular flexibility index (Phi) is 4.88. The highest BCUT2D eigenvalue weighted by Gasteiger charge is 2.27. The lowest BCUT2D eigenvalue weighted by atomic mass is 10.0. The van der Waals surface area contributed by atoms with Crippen molar-refractivity contribution < 1.29 is 8.78 Å². The minimum Gasteiger partial charge on any atom is -0.329 e. The number of rotatable bonds is 7. The maximum atomic E-state index is 12.6. The predicted octanol–water partition coefficient (Wildman–Crippen LogP) is 3.36. The van der Waals surface area contributed by atoms with Gasteiger partial charge in [0.05, 0.1) is 0 Å². The van der Waals surface area contributed by atoms with Gasteiger partial charge in [0, 0.05) is 24.7 Å². The molecule has 0 radical (unpaired) electrons. The van der Waals surface area contributed by atoms with Crippen LogP contribution in [0, 0.1) is 5.92 Å². The third-order valence-corrected chi connectivity index (χ3v) is 3.83. The van der Waals surface area contributed by atoms with Crippen LogP contribution in [-0.2, 0) is 0 Å². The molecular weight excluding hydrogens is 246 g/mol. The average molecular weight is 268 g/mol. The van der Waals surface area contributed by atoms with E-state index < -0.39 is 6.43 Å². The van der Waals surface area contributed by atoms with Crippen LogP contribution in [-0.4, -0.2) is 24.5 Å². The Bertz CT molecular complexity index is 388. The molecule has 2 nitrogen and oxygen atoms in total. The van der Waals surface area contributed by atoms with Crippen molar-refractivity contribution in [3.8, 4) is 0 Å². The summed E-state index contributed by atoms with van der Waals surface area (Å²) in [4.78, 5) is 2.36. The van der Waals surface area contributed by atoms with Gasteiger partial charge >= 0.3 is 0 Å². The van der Waals surface area contributed by atoms with Crippen molar-refractivity contribution in [3.63, 3.8) is 0 Å². The van der Waals surface area contributed by atoms with Crippen molar-refractivity contribution in [1.29, 1.82) is 0 Å². The molecule has 0 saturated heterocycles. The summed E-state index contributed by atoms with van der Waals surface area (Å²) in [6, 6.07) is 6.72. The molecule has 0 aliphatic heterocycles. The van der Waals surface area contributed by atoms with Gasteiger partial charge in [0.25, 0.3) is 6.43 Å². The van der Waals surface area contributed by atoms with Gasteiger partial charge in [0.2, 0.25) is 0 Å². The predicted molar refractivity (Wildman–Crippen MR) is 73.2 cm³/mol. The van der Waals surface area contributed by atoms with Crippen molar-refractivity contribution in [1.82, 2.24) is 4.90 Å². The van der Waals surface area contributed by atoms with Crippen LogP contribution in [0.1, 0.15) is 43.4 Å². The molecule has 2 rings (SSSR count). The molecule has 1 atom stereocenters. The molecule has 19 heavy (non-hydrogen) atoms. The van der Waals surface area contributed by atoms with Gasteiger partial charge < -0.3 is 5.73 Å². The number of benzene rings is 1. The Morgan fingerprint density at radius 1 is 1.21 bits per heavy atom. The molecule has 1 aromatic carbocycles. The number of hydrogen-bond acceptors (Lipinski definition) is 2. The summed E-state index contributed by atoms with van der Waals surface area (Å²) in [5, 5.41) is 0. The Morgan fingerprint density at radius 3 is 2.21 bits per heavy atom. The molecule has 1 aromatic rings. The largest absolute Gasteiger partial charge is 0.329 e. The molecule has 0 spiro atoms. The van der Waals surface area contributed by atoms with Crippen LogP contribution >= 0.6 is 0 Å². The zero-order chi connectivity index (χ0) is 13.8. The minimum atomic E-state index is -2.40. The summed E-state index contributed by atoms with van der Waals surface area (Å²) >= 11 is 0. The molecule has 1 unspecified atom stereocenters. The van der Waals surface area contributed by atoms with Gasteiger partial charge in [-0.2, -0.15) is 0 Å². The summed E-state index contributed by atoms with van der Waals surface area (Å²) in [5.74, 6) is 0.800. The van der Waals surface area contributed by atoms with E-state index >= 15 is 0 Å². The van der Waals surface area contributed by atoms with Gasteiger partial charge in [0.15, 0.2) is 0 Å². The topological polar surface area (TPSA) is 29.3 Å². The van der Waals surface area contributed by atoms with E-state index in [0.29, 0.717) is 6.54 Å². The SMILES string of the molecule is CCN(CC1CC1)C(CN)c1ccc(C(F)F)cc1. The van der Waals surface area contributed by atoms with Crippen LogP contribution < -0.4 is 5.73 Å². The normalized spacial score (nSPS) is 17.2. The highest BCUT2D eigenvalue weighted by molar-refractivity contribution is 5.26. The van der Waals surface area contributed by atoms with Crippen LogP contribution in [0.3, 0.4) is 0 Å². The van der Waals surface area contributed by atoms with Crippen molar-refractivity contribution in [2.75, 3.05) is 19.6 Å². The first kappa shape index (κ1) is 14.4. The zero-order valence-corrected chi connectivity index (χ0v) is 11.4. The van der Waals surface area contributed by atoms with Crippen molar-refractivity contribution >= 4 is 0 Å². The lowest BCUT2D eigenvalue weighted by Gasteiger charge is -2.30. The van der Waals surface area contributed by atoms with Gasteiger partial charge in [-0.3, -0.25) is 4.90 Å². The van der Waals surface area contributed by atoms with Crippen LogP contribution in [0.2, 0.25) is 0 Å². The van der Waals surface area contributed by atoms with E-state index in [1.807, 2.05) is 0 Å². The number of nitrogens with zero attached hydrogens (tertiary/aromatic N) is 1. The molecule has 0 amide bonds. The first-order valence-corrected chi connectivity index (χ1v) is 6.97. The quantitative estimate of drug-likeness (QED) is 0.821. The fourth-order valence-electron chi connectivity index (χ4n) is 2.47. The third-order valence-electron chi connectivity index (χ3n) is 3.83. The first-order valence-electron chi connectivity index (χ1n) is 6.97. The zero-order valence-electron chi connectivity index (χ0n) is 11.4. The number of halogens is 2. The van der Waals surface area contributed by atoms with E-state index in [1.54, 1.807) is 12.1 Å². The van der Waals surface area contributed by atoms with Gasteiger partial charge in [-0.1, -0.05) is 31.2 Å². The summed E-state index contributed by atoms with van der Waals surface area (Å²) in [6.07, 6.45) is 0.204. The number of likely N-dealkylation sites (N-methyl/N-ethyl adjacent to an activating group) is 1. The van der Waals surface area contributed by atoms with Gasteiger partial charge in [-0.25, -0.2) is 8.78 Å². The second-order valence-corrected chi connectivity index (χ2v) is 5.25. The molecular formula is C15H22F2N2. The fraction of sp³-hybridized carbons (Fsp3) is 0.600. The fourth-order valence-corrected chi connectivity index (χ4v) is 2.47. The Balaban J connectivity index is 2.10. The molecule has 2 N–H and O–H groups in total. The highest BCUT2D eigenvalue weighted by atomic mass is 19.3. The Hall–Kier alpha value is -1.00. The molecule has 4 heteroatoms. The van der Waals surface area contributed by atoms with Crippen LogP contribution in [0.25, 0.3) is 0 Å². The van der Waals surface area contributed by atoms with E-state index in [4.69, 9.17) is 5.73 Å². The molecule has 0 aromatic heterocycles. The van der Waals surface area contributed by atoms with Gasteiger partial charge in [0.1, 0.15) is 0 Å². The number of nitrogens with two attached hydrogens (primary N) is 1. The molecule has 1 aliphatic carbocycles. The van der Waals surface area contributed by atoms with E-state index in [-0.39, 0.29) is 11.6 Å². The van der Waals surface area contributed by atoms with Gasteiger partial charge in [-0.15, -0.1) is 0 Å². The Morgan fingerprint density at radius 2 is 1.79 bits per heavy atom. The smallest absolute Gasteiger partial charge is 0.263 e. The van der Waals surface area contributed by atoms with Crippen molar-refractivity contribution in [2.45, 2.75) is 32.2 Å². The van der Waals surface area contributed by atoms with Crippen molar-refractivity contribution in [3.05, 3.63) is 35.4 Å². The highest BCUT2D eigenvalue weighted by Crippen LogP contribution is 2.32. The first-order chi connectivity index (χ1) is 9.15. The monoisotopic (exact) mass is 268 g/mol. The lowest BCUT2D eigenvalue weighted by Crippen LogP contribution is -2.35. The number of alkyl halides is 2. The summed E-state index contributed by atoms with van der Waals surface area (Å²) < 4.78 is 25.1. The molecule has 106 valence electrons. The maximum Gasteiger partial charge on any atom is 0.263 e. The van der Waals surface area contributed by atoms with E-state index in [9.17, 15) is 8.78 Å². The second kappa shape index (κ2) is 6.44. The average Bonchev–Trinajstić information content (AvgIpc) is 3.23. The molecule has 1 saturated carbocycles. The van der Waals surface area contributed by atoms with Crippen molar-refractivity contribution in [2.24, 2.45) is 11.7 Å². The van der Waals surface area contributed by atoms with Crippen LogP contribution in [0.5, 0.6) is 0 Å². The van der Waals surface area contributed by atoms with Gasteiger partial charge in [-0.05, 0) is 30.9 Å². The summed E-state index contributed by atoms with van der Waals surface area (Å²) in [7, 11) is 0. The Labute approximate surface area is 113 Å². The molecule has 0 bridgehead atoms. The van der Waals surface area contributed by atoms with E-state index in [2.05, 4.69) is 11.8 Å². The van der Waals surface area contributed by atoms with E-state index in [0.717, 1.165) is 24.6 Å². The maximum absolute atomic E-state index is 12.6. The number of hydrogen-bond donors (Lipinski definition) is 1. The van der Waals surface area contributed by atoms with E-state index in [1.165, 1.54) is 25.0 Å². The molecule has 1 aliphatic rings. The lowest BCUT2D eigenvalue weighted by molar-refractivity contribution is 0.151. The second-order valence-electron chi connectivity index (χ2n) is 5.25. The summed E-state index contributed by atoms with van der Waals surface area (Å²) in [6.45, 7) is 4.65.